The van der Waals surface area contributed by atoms with Gasteiger partial charge in [-0.25, -0.2) is 0 Å². The van der Waals surface area contributed by atoms with E-state index >= 15 is 0 Å². The average Bonchev–Trinajstić information content (AvgIpc) is 2.88. The molecule has 33 heavy (non-hydrogen) atoms. The lowest BCUT2D eigenvalue weighted by atomic mass is 10.1. The highest BCUT2D eigenvalue weighted by molar-refractivity contribution is 7.98. The highest BCUT2D eigenvalue weighted by Crippen LogP contribution is 2.29. The molecule has 0 aromatic heterocycles. The number of nitrogens with zero attached hydrogens (tertiary/aromatic N) is 1. The van der Waals surface area contributed by atoms with Crippen LogP contribution in [0.25, 0.3) is 0 Å². The Morgan fingerprint density at radius 3 is 1.85 bits per heavy atom. The average molecular weight is 454 g/mol. The van der Waals surface area contributed by atoms with Gasteiger partial charge in [-0.3, -0.25) is 4.79 Å². The number of carbonyl (C=O) groups is 1. The fourth-order valence-electron chi connectivity index (χ4n) is 3.69. The van der Waals surface area contributed by atoms with E-state index in [4.69, 9.17) is 4.74 Å². The zero-order chi connectivity index (χ0) is 22.9. The summed E-state index contributed by atoms with van der Waals surface area (Å²) in [6.45, 7) is 1.10. The first-order valence-electron chi connectivity index (χ1n) is 10.9. The minimum absolute atomic E-state index is 0.0105. The van der Waals surface area contributed by atoms with Crippen molar-refractivity contribution in [2.24, 2.45) is 0 Å². The molecule has 0 atom stereocenters. The van der Waals surface area contributed by atoms with Crippen molar-refractivity contribution >= 4 is 17.7 Å². The summed E-state index contributed by atoms with van der Waals surface area (Å²) in [5, 5.41) is 0. The maximum atomic E-state index is 13.7. The highest BCUT2D eigenvalue weighted by Gasteiger charge is 2.18. The fraction of sp³-hybridized carbons (Fsp3) is 0.138. The molecule has 0 bridgehead atoms. The fourth-order valence-corrected chi connectivity index (χ4v) is 4.59. The summed E-state index contributed by atoms with van der Waals surface area (Å²) in [6, 6.07) is 36.2. The third kappa shape index (κ3) is 6.27. The maximum absolute atomic E-state index is 13.7. The van der Waals surface area contributed by atoms with Crippen LogP contribution in [0, 0.1) is 0 Å². The van der Waals surface area contributed by atoms with Crippen LogP contribution in [-0.4, -0.2) is 17.9 Å². The van der Waals surface area contributed by atoms with Crippen molar-refractivity contribution in [3.8, 4) is 5.75 Å². The first-order valence-corrected chi connectivity index (χ1v) is 11.9. The lowest BCUT2D eigenvalue weighted by Gasteiger charge is -2.24. The van der Waals surface area contributed by atoms with Crippen molar-refractivity contribution in [2.75, 3.05) is 7.11 Å². The second kappa shape index (κ2) is 11.4. The summed E-state index contributed by atoms with van der Waals surface area (Å²) < 4.78 is 5.58. The molecule has 4 aromatic rings. The lowest BCUT2D eigenvalue weighted by molar-refractivity contribution is 0.0730. The van der Waals surface area contributed by atoms with Crippen LogP contribution in [-0.2, 0) is 18.8 Å². The number of ether oxygens (including phenoxy) is 1. The third-order valence-electron chi connectivity index (χ3n) is 5.38. The van der Waals surface area contributed by atoms with Crippen molar-refractivity contribution in [1.82, 2.24) is 4.90 Å². The number of thioether (sulfide) groups is 1. The molecule has 0 aliphatic heterocycles. The van der Waals surface area contributed by atoms with Crippen LogP contribution in [0.5, 0.6) is 5.75 Å². The minimum atomic E-state index is 0.0105. The summed E-state index contributed by atoms with van der Waals surface area (Å²) in [7, 11) is 1.67. The molecule has 0 saturated heterocycles. The van der Waals surface area contributed by atoms with Crippen molar-refractivity contribution in [1.29, 1.82) is 0 Å². The van der Waals surface area contributed by atoms with Gasteiger partial charge in [-0.05, 0) is 41.5 Å². The van der Waals surface area contributed by atoms with E-state index in [0.717, 1.165) is 28.2 Å². The molecule has 0 heterocycles. The largest absolute Gasteiger partial charge is 0.496 e. The van der Waals surface area contributed by atoms with Gasteiger partial charge in [0.15, 0.2) is 0 Å². The Hall–Kier alpha value is -3.50. The van der Waals surface area contributed by atoms with Crippen LogP contribution >= 0.6 is 11.8 Å². The molecule has 0 spiro atoms. The number of carbonyl (C=O) groups excluding carboxylic acids is 1. The summed E-state index contributed by atoms with van der Waals surface area (Å²) in [4.78, 5) is 16.7. The Morgan fingerprint density at radius 1 is 0.758 bits per heavy atom. The summed E-state index contributed by atoms with van der Waals surface area (Å²) >= 11 is 1.73. The minimum Gasteiger partial charge on any atom is -0.496 e. The Balaban J connectivity index is 1.59. The number of methoxy groups -OCH3 is 1. The van der Waals surface area contributed by atoms with Gasteiger partial charge in [-0.1, -0.05) is 78.9 Å². The van der Waals surface area contributed by atoms with Gasteiger partial charge in [0.2, 0.25) is 0 Å². The number of hydrogen-bond acceptors (Lipinski definition) is 3. The predicted molar refractivity (Wildman–Crippen MR) is 135 cm³/mol. The normalized spacial score (nSPS) is 10.6. The molecule has 4 aromatic carbocycles. The van der Waals surface area contributed by atoms with E-state index in [2.05, 4.69) is 36.4 Å². The monoisotopic (exact) mass is 453 g/mol. The Morgan fingerprint density at radius 2 is 1.30 bits per heavy atom. The van der Waals surface area contributed by atoms with Crippen LogP contribution in [0.15, 0.2) is 114 Å². The van der Waals surface area contributed by atoms with E-state index in [1.165, 1.54) is 4.90 Å². The Kier molecular flexibility index (Phi) is 7.83. The quantitative estimate of drug-likeness (QED) is 0.260. The Bertz CT molecular complexity index is 1120. The number of benzene rings is 4. The lowest BCUT2D eigenvalue weighted by Crippen LogP contribution is -2.30. The molecule has 0 aliphatic rings. The SMILES string of the molecule is COc1ccc(C(=O)N(Cc2ccccc2)Cc2ccccc2)cc1CSc1ccccc1. The molecule has 0 unspecified atom stereocenters. The van der Waals surface area contributed by atoms with Gasteiger partial charge in [-0.2, -0.15) is 0 Å². The van der Waals surface area contributed by atoms with E-state index in [0.29, 0.717) is 18.7 Å². The summed E-state index contributed by atoms with van der Waals surface area (Å²) in [6.07, 6.45) is 0. The van der Waals surface area contributed by atoms with E-state index in [1.807, 2.05) is 77.7 Å². The van der Waals surface area contributed by atoms with Gasteiger partial charge in [0.1, 0.15) is 5.75 Å². The van der Waals surface area contributed by atoms with Crippen molar-refractivity contribution < 1.29 is 9.53 Å². The zero-order valence-electron chi connectivity index (χ0n) is 18.7. The van der Waals surface area contributed by atoms with Crippen LogP contribution in [0.2, 0.25) is 0 Å². The molecular formula is C29H27NO2S. The topological polar surface area (TPSA) is 29.5 Å². The van der Waals surface area contributed by atoms with Gasteiger partial charge in [0, 0.05) is 34.9 Å². The predicted octanol–water partition coefficient (Wildman–Crippen LogP) is 6.83. The van der Waals surface area contributed by atoms with E-state index in [1.54, 1.807) is 18.9 Å². The molecule has 1 amide bonds. The van der Waals surface area contributed by atoms with Gasteiger partial charge >= 0.3 is 0 Å². The molecule has 0 N–H and O–H groups in total. The molecule has 0 saturated carbocycles. The van der Waals surface area contributed by atoms with Gasteiger partial charge in [0.05, 0.1) is 7.11 Å². The van der Waals surface area contributed by atoms with Gasteiger partial charge in [-0.15, -0.1) is 11.8 Å². The number of rotatable bonds is 9. The molecule has 4 heteroatoms. The van der Waals surface area contributed by atoms with Crippen molar-refractivity contribution in [2.45, 2.75) is 23.7 Å². The maximum Gasteiger partial charge on any atom is 0.254 e. The highest BCUT2D eigenvalue weighted by atomic mass is 32.2. The van der Waals surface area contributed by atoms with Gasteiger partial charge < -0.3 is 9.64 Å². The molecule has 0 aliphatic carbocycles. The Labute approximate surface area is 200 Å². The zero-order valence-corrected chi connectivity index (χ0v) is 19.5. The van der Waals surface area contributed by atoms with Crippen molar-refractivity contribution in [3.05, 3.63) is 131 Å². The van der Waals surface area contributed by atoms with Gasteiger partial charge in [0.25, 0.3) is 5.91 Å². The van der Waals surface area contributed by atoms with Crippen LogP contribution in [0.4, 0.5) is 0 Å². The van der Waals surface area contributed by atoms with E-state index < -0.39 is 0 Å². The van der Waals surface area contributed by atoms with E-state index in [9.17, 15) is 4.79 Å². The summed E-state index contributed by atoms with van der Waals surface area (Å²) in [5.74, 6) is 1.54. The molecule has 3 nitrogen and oxygen atoms in total. The first-order chi connectivity index (χ1) is 16.2. The molecule has 166 valence electrons. The van der Waals surface area contributed by atoms with E-state index in [-0.39, 0.29) is 5.91 Å². The smallest absolute Gasteiger partial charge is 0.254 e. The molecule has 4 rings (SSSR count). The standard InChI is InChI=1S/C29H27NO2S/c1-32-28-18-17-25(19-26(28)22-33-27-15-9-4-10-16-27)29(31)30(20-23-11-5-2-6-12-23)21-24-13-7-3-8-14-24/h2-19H,20-22H2,1H3. The van der Waals surface area contributed by atoms with Crippen LogP contribution in [0.3, 0.4) is 0 Å². The number of amides is 1. The second-order valence-corrected chi connectivity index (χ2v) is 8.81. The molecule has 0 fully saturated rings. The third-order valence-corrected chi connectivity index (χ3v) is 6.45. The van der Waals surface area contributed by atoms with Crippen molar-refractivity contribution in [3.63, 3.8) is 0 Å². The first kappa shape index (κ1) is 22.7. The summed E-state index contributed by atoms with van der Waals surface area (Å²) in [5.41, 5.74) is 3.90. The van der Waals surface area contributed by atoms with Crippen LogP contribution < -0.4 is 4.74 Å². The number of hydrogen-bond donors (Lipinski definition) is 0. The van der Waals surface area contributed by atoms with Crippen LogP contribution in [0.1, 0.15) is 27.0 Å². The molecule has 0 radical (unpaired) electrons. The second-order valence-electron chi connectivity index (χ2n) is 7.76. The molecular weight excluding hydrogens is 426 g/mol.